The van der Waals surface area contributed by atoms with Gasteiger partial charge in [-0.25, -0.2) is 4.98 Å². The van der Waals surface area contributed by atoms with E-state index in [2.05, 4.69) is 10.3 Å². The summed E-state index contributed by atoms with van der Waals surface area (Å²) >= 11 is 0. The van der Waals surface area contributed by atoms with Gasteiger partial charge in [0.15, 0.2) is 0 Å². The fraction of sp³-hybridized carbons (Fsp3) is 0.182. The maximum atomic E-state index is 13.4. The van der Waals surface area contributed by atoms with Crippen molar-refractivity contribution in [3.63, 3.8) is 0 Å². The Morgan fingerprint density at radius 1 is 1.03 bits per heavy atom. The van der Waals surface area contributed by atoms with Gasteiger partial charge in [0.2, 0.25) is 5.88 Å². The van der Waals surface area contributed by atoms with E-state index < -0.39 is 17.6 Å². The normalized spacial score (nSPS) is 11.1. The van der Waals surface area contributed by atoms with Gasteiger partial charge in [-0.2, -0.15) is 13.2 Å². The van der Waals surface area contributed by atoms with Crippen LogP contribution in [0.25, 0.3) is 0 Å². The molecule has 0 aliphatic heterocycles. The Labute approximate surface area is 171 Å². The third-order valence-corrected chi connectivity index (χ3v) is 4.23. The number of nitrogens with zero attached hydrogens (tertiary/aromatic N) is 1. The van der Waals surface area contributed by atoms with Crippen LogP contribution >= 0.6 is 0 Å². The van der Waals surface area contributed by atoms with Crippen molar-refractivity contribution in [3.05, 3.63) is 83.0 Å². The fourth-order valence-corrected chi connectivity index (χ4v) is 2.83. The third kappa shape index (κ3) is 5.08. The van der Waals surface area contributed by atoms with Gasteiger partial charge in [-0.05, 0) is 49.4 Å². The third-order valence-electron chi connectivity index (χ3n) is 4.23. The SMILES string of the molecule is COc1nc(C)cc(C(F)(F)F)c1CNC(=O)c1ccc(Oc2ccccc2)cc1. The number of carbonyl (C=O) groups is 1. The number of benzene rings is 2. The van der Waals surface area contributed by atoms with Gasteiger partial charge in [0.1, 0.15) is 11.5 Å². The number of alkyl halides is 3. The largest absolute Gasteiger partial charge is 0.481 e. The lowest BCUT2D eigenvalue weighted by Crippen LogP contribution is -2.25. The zero-order valence-corrected chi connectivity index (χ0v) is 16.3. The molecule has 2 aromatic carbocycles. The van der Waals surface area contributed by atoms with E-state index in [0.717, 1.165) is 6.07 Å². The van der Waals surface area contributed by atoms with Crippen LogP contribution in [0.2, 0.25) is 0 Å². The first-order chi connectivity index (χ1) is 14.3. The van der Waals surface area contributed by atoms with Crippen LogP contribution in [-0.4, -0.2) is 18.0 Å². The van der Waals surface area contributed by atoms with Crippen molar-refractivity contribution in [3.8, 4) is 17.4 Å². The predicted octanol–water partition coefficient (Wildman–Crippen LogP) is 5.14. The maximum Gasteiger partial charge on any atom is 0.417 e. The summed E-state index contributed by atoms with van der Waals surface area (Å²) in [5, 5.41) is 2.49. The molecule has 0 fully saturated rings. The van der Waals surface area contributed by atoms with Crippen molar-refractivity contribution < 1.29 is 27.4 Å². The van der Waals surface area contributed by atoms with Crippen LogP contribution in [0.4, 0.5) is 13.2 Å². The van der Waals surface area contributed by atoms with Crippen molar-refractivity contribution in [2.45, 2.75) is 19.6 Å². The molecule has 1 aromatic heterocycles. The van der Waals surface area contributed by atoms with Crippen molar-refractivity contribution in [1.29, 1.82) is 0 Å². The average molecular weight is 416 g/mol. The summed E-state index contributed by atoms with van der Waals surface area (Å²) in [6.45, 7) is 1.06. The van der Waals surface area contributed by atoms with Gasteiger partial charge in [0, 0.05) is 23.4 Å². The van der Waals surface area contributed by atoms with Crippen LogP contribution in [0.1, 0.15) is 27.2 Å². The number of nitrogens with one attached hydrogen (secondary N) is 1. The number of rotatable bonds is 6. The van der Waals surface area contributed by atoms with Crippen molar-refractivity contribution in [2.75, 3.05) is 7.11 Å². The number of amides is 1. The van der Waals surface area contributed by atoms with Gasteiger partial charge in [-0.1, -0.05) is 18.2 Å². The standard InChI is InChI=1S/C22H19F3N2O3/c1-14-12-19(22(23,24)25)18(21(27-14)29-2)13-26-20(28)15-8-10-17(11-9-15)30-16-6-4-3-5-7-16/h3-12H,13H2,1-2H3,(H,26,28). The lowest BCUT2D eigenvalue weighted by atomic mass is 10.1. The molecular formula is C22H19F3N2O3. The number of hydrogen-bond acceptors (Lipinski definition) is 4. The number of halogens is 3. The van der Waals surface area contributed by atoms with Crippen LogP contribution in [0, 0.1) is 6.92 Å². The van der Waals surface area contributed by atoms with Crippen molar-refractivity contribution in [1.82, 2.24) is 10.3 Å². The second-order valence-corrected chi connectivity index (χ2v) is 6.42. The van der Waals surface area contributed by atoms with E-state index in [1.165, 1.54) is 26.2 Å². The topological polar surface area (TPSA) is 60.5 Å². The predicted molar refractivity (Wildman–Crippen MR) is 105 cm³/mol. The maximum absolute atomic E-state index is 13.4. The zero-order valence-electron chi connectivity index (χ0n) is 16.3. The van der Waals surface area contributed by atoms with Gasteiger partial charge < -0.3 is 14.8 Å². The lowest BCUT2D eigenvalue weighted by molar-refractivity contribution is -0.138. The highest BCUT2D eigenvalue weighted by molar-refractivity contribution is 5.94. The summed E-state index contributed by atoms with van der Waals surface area (Å²) in [6, 6.07) is 16.3. The average Bonchev–Trinajstić information content (AvgIpc) is 2.72. The zero-order chi connectivity index (χ0) is 21.7. The van der Waals surface area contributed by atoms with E-state index in [-0.39, 0.29) is 29.2 Å². The summed E-state index contributed by atoms with van der Waals surface area (Å²) < 4.78 is 50.9. The summed E-state index contributed by atoms with van der Waals surface area (Å²) in [5.74, 6) is 0.473. The molecule has 0 unspecified atom stereocenters. The van der Waals surface area contributed by atoms with Crippen molar-refractivity contribution in [2.24, 2.45) is 0 Å². The van der Waals surface area contributed by atoms with E-state index in [4.69, 9.17) is 9.47 Å². The summed E-state index contributed by atoms with van der Waals surface area (Å²) in [6.07, 6.45) is -4.60. The molecule has 0 radical (unpaired) electrons. The second-order valence-electron chi connectivity index (χ2n) is 6.42. The molecule has 0 aliphatic rings. The number of aryl methyl sites for hydroxylation is 1. The first kappa shape index (κ1) is 21.2. The van der Waals surface area contributed by atoms with Gasteiger partial charge in [0.25, 0.3) is 5.91 Å². The van der Waals surface area contributed by atoms with Crippen LogP contribution in [0.5, 0.6) is 17.4 Å². The fourth-order valence-electron chi connectivity index (χ4n) is 2.83. The Kier molecular flexibility index (Phi) is 6.25. The minimum atomic E-state index is -4.60. The van der Waals surface area contributed by atoms with Crippen LogP contribution in [0.3, 0.4) is 0 Å². The highest BCUT2D eigenvalue weighted by atomic mass is 19.4. The van der Waals surface area contributed by atoms with E-state index >= 15 is 0 Å². The summed E-state index contributed by atoms with van der Waals surface area (Å²) in [7, 11) is 1.23. The molecule has 1 N–H and O–H groups in total. The number of pyridine rings is 1. The van der Waals surface area contributed by atoms with Gasteiger partial charge in [-0.15, -0.1) is 0 Å². The first-order valence-electron chi connectivity index (χ1n) is 9.01. The van der Waals surface area contributed by atoms with Gasteiger partial charge in [0.05, 0.1) is 12.7 Å². The molecule has 0 aliphatic carbocycles. The van der Waals surface area contributed by atoms with Crippen molar-refractivity contribution >= 4 is 5.91 Å². The number of methoxy groups -OCH3 is 1. The smallest absolute Gasteiger partial charge is 0.417 e. The Bertz CT molecular complexity index is 1020. The van der Waals surface area contributed by atoms with Crippen LogP contribution < -0.4 is 14.8 Å². The Morgan fingerprint density at radius 3 is 2.27 bits per heavy atom. The minimum Gasteiger partial charge on any atom is -0.481 e. The molecule has 1 heterocycles. The monoisotopic (exact) mass is 416 g/mol. The number of para-hydroxylation sites is 1. The Hall–Kier alpha value is -3.55. The highest BCUT2D eigenvalue weighted by Gasteiger charge is 2.35. The number of ether oxygens (including phenoxy) is 2. The molecule has 5 nitrogen and oxygen atoms in total. The van der Waals surface area contributed by atoms with Crippen LogP contribution in [-0.2, 0) is 12.7 Å². The van der Waals surface area contributed by atoms with E-state index in [1.807, 2.05) is 18.2 Å². The molecular weight excluding hydrogens is 397 g/mol. The molecule has 30 heavy (non-hydrogen) atoms. The van der Waals surface area contributed by atoms with E-state index in [1.54, 1.807) is 24.3 Å². The van der Waals surface area contributed by atoms with E-state index in [0.29, 0.717) is 11.5 Å². The molecule has 3 rings (SSSR count). The summed E-state index contributed by atoms with van der Waals surface area (Å²) in [4.78, 5) is 16.4. The summed E-state index contributed by atoms with van der Waals surface area (Å²) in [5.41, 5.74) is -0.669. The number of aromatic nitrogens is 1. The molecule has 0 saturated carbocycles. The molecule has 3 aromatic rings. The second kappa shape index (κ2) is 8.86. The van der Waals surface area contributed by atoms with E-state index in [9.17, 15) is 18.0 Å². The molecule has 0 spiro atoms. The Balaban J connectivity index is 1.73. The molecule has 8 heteroatoms. The molecule has 0 bridgehead atoms. The van der Waals surface area contributed by atoms with Gasteiger partial charge in [-0.3, -0.25) is 4.79 Å². The lowest BCUT2D eigenvalue weighted by Gasteiger charge is -2.17. The molecule has 156 valence electrons. The Morgan fingerprint density at radius 2 is 1.67 bits per heavy atom. The number of hydrogen-bond donors (Lipinski definition) is 1. The minimum absolute atomic E-state index is 0.170. The number of carbonyl (C=O) groups excluding carboxylic acids is 1. The molecule has 0 saturated heterocycles. The quantitative estimate of drug-likeness (QED) is 0.605. The first-order valence-corrected chi connectivity index (χ1v) is 9.01. The van der Waals surface area contributed by atoms with Gasteiger partial charge >= 0.3 is 6.18 Å². The highest BCUT2D eigenvalue weighted by Crippen LogP contribution is 2.35. The van der Waals surface area contributed by atoms with Crippen LogP contribution in [0.15, 0.2) is 60.7 Å². The molecule has 1 amide bonds. The molecule has 0 atom stereocenters.